The quantitative estimate of drug-likeness (QED) is 0.284. The number of fused-ring (bicyclic) bond motifs is 1. The third kappa shape index (κ3) is 10.9. The summed E-state index contributed by atoms with van der Waals surface area (Å²) < 4.78 is 31.6. The fourth-order valence-electron chi connectivity index (χ4n) is 3.84. The summed E-state index contributed by atoms with van der Waals surface area (Å²) in [6.45, 7) is 17.4. The average molecular weight is 544 g/mol. The van der Waals surface area contributed by atoms with Crippen molar-refractivity contribution in [2.75, 3.05) is 19.8 Å². The number of aromatic nitrogens is 1. The van der Waals surface area contributed by atoms with Crippen LogP contribution in [0.5, 0.6) is 0 Å². The highest BCUT2D eigenvalue weighted by atomic mass is 19.1. The van der Waals surface area contributed by atoms with Crippen molar-refractivity contribution in [2.24, 2.45) is 0 Å². The molecule has 6 nitrogen and oxygen atoms in total. The number of aryl methyl sites for hydroxylation is 1. The lowest BCUT2D eigenvalue weighted by Gasteiger charge is -2.21. The molecule has 0 saturated carbocycles. The third-order valence-electron chi connectivity index (χ3n) is 5.66. The molecule has 2 heterocycles. The van der Waals surface area contributed by atoms with Crippen LogP contribution in [0, 0.1) is 12.7 Å². The molecule has 0 unspecified atom stereocenters. The number of hydrogen-bond donors (Lipinski definition) is 0. The summed E-state index contributed by atoms with van der Waals surface area (Å²) in [5.41, 5.74) is 2.98. The average Bonchev–Trinajstić information content (AvgIpc) is 3.50. The lowest BCUT2D eigenvalue weighted by Crippen LogP contribution is -2.25. The van der Waals surface area contributed by atoms with Gasteiger partial charge >= 0.3 is 5.97 Å². The van der Waals surface area contributed by atoms with Crippen molar-refractivity contribution in [3.8, 4) is 0 Å². The van der Waals surface area contributed by atoms with Crippen molar-refractivity contribution in [2.45, 2.75) is 87.0 Å². The first-order valence-corrected chi connectivity index (χ1v) is 13.9. The molecule has 3 aromatic rings. The Balaban J connectivity index is 0.000000397. The van der Waals surface area contributed by atoms with Gasteiger partial charge in [-0.1, -0.05) is 63.9 Å². The second-order valence-corrected chi connectivity index (χ2v) is 9.23. The molecule has 1 aromatic heterocycles. The number of benzene rings is 2. The zero-order valence-electron chi connectivity index (χ0n) is 24.9. The van der Waals surface area contributed by atoms with Gasteiger partial charge < -0.3 is 23.6 Å². The van der Waals surface area contributed by atoms with E-state index in [4.69, 9.17) is 14.2 Å². The van der Waals surface area contributed by atoms with Crippen LogP contribution in [0.25, 0.3) is 10.9 Å². The molecule has 0 aliphatic carbocycles. The predicted molar refractivity (Wildman–Crippen MR) is 156 cm³/mol. The number of ketones is 1. The molecule has 1 fully saturated rings. The SMILES string of the molecule is CC.CC(=O)CCC1(C)OCCO1.CCC.CCOC(=O)c1cc2cc(C)ccc2n1Cc1ccccc1F. The molecule has 39 heavy (non-hydrogen) atoms. The highest BCUT2D eigenvalue weighted by Gasteiger charge is 2.30. The van der Waals surface area contributed by atoms with E-state index in [1.54, 1.807) is 38.1 Å². The van der Waals surface area contributed by atoms with Crippen molar-refractivity contribution in [1.82, 2.24) is 4.57 Å². The van der Waals surface area contributed by atoms with Crippen LogP contribution in [0.3, 0.4) is 0 Å². The molecular formula is C32H46FNO5. The van der Waals surface area contributed by atoms with E-state index in [1.807, 2.05) is 50.5 Å². The van der Waals surface area contributed by atoms with Gasteiger partial charge in [-0.25, -0.2) is 9.18 Å². The minimum atomic E-state index is -0.494. The Bertz CT molecular complexity index is 1160. The van der Waals surface area contributed by atoms with E-state index in [2.05, 4.69) is 13.8 Å². The fraction of sp³-hybridized carbons (Fsp3) is 0.500. The monoisotopic (exact) mass is 543 g/mol. The topological polar surface area (TPSA) is 66.8 Å². The van der Waals surface area contributed by atoms with Crippen LogP contribution < -0.4 is 0 Å². The standard InChI is InChI=1S/C19H18FNO2.C8H14O3.C3H8.C2H6/c1-3-23-19(22)18-11-15-10-13(2)8-9-17(15)21(18)12-14-6-4-5-7-16(14)20;1-7(9)3-4-8(2)10-5-6-11-8;1-3-2;1-2/h4-11H,3,12H2,1-2H3;3-6H2,1-2H3;3H2,1-2H3;1-2H3. The number of hydrogen-bond acceptors (Lipinski definition) is 5. The van der Waals surface area contributed by atoms with Crippen LogP contribution in [0.2, 0.25) is 0 Å². The highest BCUT2D eigenvalue weighted by molar-refractivity contribution is 5.96. The first-order chi connectivity index (χ1) is 18.6. The highest BCUT2D eigenvalue weighted by Crippen LogP contribution is 2.25. The number of esters is 1. The lowest BCUT2D eigenvalue weighted by atomic mass is 10.1. The van der Waals surface area contributed by atoms with Crippen LogP contribution in [0.4, 0.5) is 4.39 Å². The van der Waals surface area contributed by atoms with Gasteiger partial charge in [0.25, 0.3) is 0 Å². The largest absolute Gasteiger partial charge is 0.461 e. The van der Waals surface area contributed by atoms with Crippen molar-refractivity contribution in [3.05, 3.63) is 71.2 Å². The van der Waals surface area contributed by atoms with E-state index in [1.165, 1.54) is 12.5 Å². The number of halogens is 1. The van der Waals surface area contributed by atoms with Crippen LogP contribution in [0.15, 0.2) is 48.5 Å². The molecule has 2 aromatic carbocycles. The Hall–Kier alpha value is -3.03. The zero-order chi connectivity index (χ0) is 29.4. The Morgan fingerprint density at radius 2 is 1.64 bits per heavy atom. The molecule has 216 valence electrons. The molecular weight excluding hydrogens is 497 g/mol. The second-order valence-electron chi connectivity index (χ2n) is 9.23. The fourth-order valence-corrected chi connectivity index (χ4v) is 3.84. The maximum Gasteiger partial charge on any atom is 0.354 e. The number of Topliss-reactive ketones (excluding diaryl/α,β-unsaturated/α-hetero) is 1. The Morgan fingerprint density at radius 3 is 2.21 bits per heavy atom. The van der Waals surface area contributed by atoms with E-state index >= 15 is 0 Å². The second kappa shape index (κ2) is 17.5. The maximum absolute atomic E-state index is 14.0. The predicted octanol–water partition coefficient (Wildman–Crippen LogP) is 7.87. The van der Waals surface area contributed by atoms with Crippen LogP contribution in [-0.2, 0) is 25.5 Å². The summed E-state index contributed by atoms with van der Waals surface area (Å²) in [5, 5.41) is 0.949. The first kappa shape index (κ1) is 34.0. The number of carbonyl (C=O) groups excluding carboxylic acids is 2. The smallest absolute Gasteiger partial charge is 0.354 e. The molecule has 0 radical (unpaired) electrons. The van der Waals surface area contributed by atoms with Crippen LogP contribution in [0.1, 0.15) is 89.3 Å². The van der Waals surface area contributed by atoms with Gasteiger partial charge in [-0.3, -0.25) is 0 Å². The van der Waals surface area contributed by atoms with Gasteiger partial charge in [0.2, 0.25) is 0 Å². The van der Waals surface area contributed by atoms with Gasteiger partial charge in [0.1, 0.15) is 17.3 Å². The molecule has 1 saturated heterocycles. The molecule has 0 amide bonds. The van der Waals surface area contributed by atoms with Crippen molar-refractivity contribution >= 4 is 22.7 Å². The van der Waals surface area contributed by atoms with Gasteiger partial charge in [0.15, 0.2) is 5.79 Å². The first-order valence-electron chi connectivity index (χ1n) is 13.9. The summed E-state index contributed by atoms with van der Waals surface area (Å²) in [6.07, 6.45) is 2.46. The minimum Gasteiger partial charge on any atom is -0.461 e. The van der Waals surface area contributed by atoms with Gasteiger partial charge in [0, 0.05) is 29.3 Å². The lowest BCUT2D eigenvalue weighted by molar-refractivity contribution is -0.151. The van der Waals surface area contributed by atoms with Gasteiger partial charge in [-0.05, 0) is 52.0 Å². The summed E-state index contributed by atoms with van der Waals surface area (Å²) in [5.74, 6) is -0.981. The Labute approximate surface area is 233 Å². The molecule has 0 bridgehead atoms. The molecule has 1 aliphatic rings. The number of ether oxygens (including phenoxy) is 3. The maximum atomic E-state index is 14.0. The van der Waals surface area contributed by atoms with E-state index < -0.39 is 11.8 Å². The van der Waals surface area contributed by atoms with Gasteiger partial charge in [-0.2, -0.15) is 0 Å². The van der Waals surface area contributed by atoms with Crippen LogP contribution in [-0.4, -0.2) is 41.9 Å². The van der Waals surface area contributed by atoms with Crippen molar-refractivity contribution in [1.29, 1.82) is 0 Å². The molecule has 0 atom stereocenters. The number of carbonyl (C=O) groups is 2. The van der Waals surface area contributed by atoms with Crippen LogP contribution >= 0.6 is 0 Å². The minimum absolute atomic E-state index is 0.185. The van der Waals surface area contributed by atoms with E-state index in [0.717, 1.165) is 16.5 Å². The van der Waals surface area contributed by atoms with E-state index in [-0.39, 0.29) is 18.1 Å². The Kier molecular flexibility index (Phi) is 15.3. The van der Waals surface area contributed by atoms with Crippen molar-refractivity contribution < 1.29 is 28.2 Å². The number of rotatable bonds is 7. The zero-order valence-corrected chi connectivity index (χ0v) is 24.9. The van der Waals surface area contributed by atoms with Crippen molar-refractivity contribution in [3.63, 3.8) is 0 Å². The van der Waals surface area contributed by atoms with E-state index in [9.17, 15) is 14.0 Å². The molecule has 4 rings (SSSR count). The summed E-state index contributed by atoms with van der Waals surface area (Å²) in [6, 6.07) is 14.3. The molecule has 0 spiro atoms. The Morgan fingerprint density at radius 1 is 1.03 bits per heavy atom. The molecule has 7 heteroatoms. The normalized spacial score (nSPS) is 13.3. The van der Waals surface area contributed by atoms with Gasteiger partial charge in [-0.15, -0.1) is 0 Å². The van der Waals surface area contributed by atoms with Gasteiger partial charge in [0.05, 0.1) is 26.4 Å². The van der Waals surface area contributed by atoms with E-state index in [0.29, 0.717) is 43.9 Å². The third-order valence-corrected chi connectivity index (χ3v) is 5.66. The summed E-state index contributed by atoms with van der Waals surface area (Å²) >= 11 is 0. The summed E-state index contributed by atoms with van der Waals surface area (Å²) in [7, 11) is 0. The number of nitrogens with zero attached hydrogens (tertiary/aromatic N) is 1. The molecule has 0 N–H and O–H groups in total. The molecule has 1 aliphatic heterocycles. The summed E-state index contributed by atoms with van der Waals surface area (Å²) in [4.78, 5) is 22.9.